The van der Waals surface area contributed by atoms with Gasteiger partial charge < -0.3 is 19.9 Å². The number of carbonyl (C=O) groups is 2. The first-order valence-corrected chi connectivity index (χ1v) is 16.0. The van der Waals surface area contributed by atoms with Crippen LogP contribution in [0.5, 0.6) is 5.75 Å². The molecule has 1 aliphatic carbocycles. The first kappa shape index (κ1) is 31.2. The van der Waals surface area contributed by atoms with Crippen molar-refractivity contribution in [3.05, 3.63) is 24.3 Å². The summed E-state index contributed by atoms with van der Waals surface area (Å²) in [6, 6.07) is 8.22. The van der Waals surface area contributed by atoms with Gasteiger partial charge in [-0.1, -0.05) is 31.4 Å². The van der Waals surface area contributed by atoms with E-state index in [1.807, 2.05) is 26.0 Å². The number of carbonyl (C=O) groups excluding carboxylic acids is 2. The molecule has 11 heteroatoms. The fraction of sp³-hybridized carbons (Fsp3) is 0.714. The Balaban J connectivity index is 0.000000353. The molecule has 0 radical (unpaired) electrons. The highest BCUT2D eigenvalue weighted by atomic mass is 32.2. The highest BCUT2D eigenvalue weighted by Gasteiger charge is 2.23. The number of benzene rings is 1. The number of ether oxygens (including phenoxy) is 1. The summed E-state index contributed by atoms with van der Waals surface area (Å²) in [7, 11) is -3.23. The number of nitrogens with one attached hydrogen (secondary N) is 1. The Hall–Kier alpha value is -2.37. The van der Waals surface area contributed by atoms with Crippen LogP contribution in [0.4, 0.5) is 5.69 Å². The Labute approximate surface area is 234 Å². The number of likely N-dealkylation sites (tertiary alicyclic amines) is 1. The average molecular weight is 566 g/mol. The molecule has 1 aromatic rings. The largest absolute Gasteiger partial charge is 0.489 e. The summed E-state index contributed by atoms with van der Waals surface area (Å²) < 4.78 is 27.5. The number of primary sulfonamides is 1. The van der Waals surface area contributed by atoms with Crippen molar-refractivity contribution in [3.8, 4) is 5.75 Å². The Morgan fingerprint density at radius 3 is 2.33 bits per heavy atom. The van der Waals surface area contributed by atoms with Crippen molar-refractivity contribution in [2.45, 2.75) is 76.6 Å². The molecular formula is C28H47N5O5S. The molecule has 2 heterocycles. The zero-order valence-electron chi connectivity index (χ0n) is 23.6. The number of nitrogens with two attached hydrogens (primary N) is 1. The summed E-state index contributed by atoms with van der Waals surface area (Å²) in [4.78, 5) is 30.3. The molecule has 3 fully saturated rings. The molecule has 220 valence electrons. The van der Waals surface area contributed by atoms with Crippen LogP contribution in [0.1, 0.15) is 65.2 Å². The molecule has 0 unspecified atom stereocenters. The van der Waals surface area contributed by atoms with Crippen LogP contribution in [0.25, 0.3) is 0 Å². The number of rotatable bonds is 9. The number of para-hydroxylation sites is 2. The normalized spacial score (nSPS) is 19.4. The molecular weight excluding hydrogens is 518 g/mol. The molecule has 0 bridgehead atoms. The second kappa shape index (κ2) is 15.4. The third kappa shape index (κ3) is 10.6. The highest BCUT2D eigenvalue weighted by Crippen LogP contribution is 2.29. The van der Waals surface area contributed by atoms with Crippen molar-refractivity contribution in [3.63, 3.8) is 0 Å². The maximum Gasteiger partial charge on any atom is 0.239 e. The van der Waals surface area contributed by atoms with Crippen molar-refractivity contribution >= 4 is 27.5 Å². The maximum absolute atomic E-state index is 12.1. The van der Waals surface area contributed by atoms with Crippen molar-refractivity contribution in [2.75, 3.05) is 57.3 Å². The van der Waals surface area contributed by atoms with E-state index in [-0.39, 0.29) is 29.7 Å². The first-order chi connectivity index (χ1) is 18.6. The number of hydrogen-bond donors (Lipinski definition) is 2. The number of anilines is 1. The minimum Gasteiger partial charge on any atom is -0.489 e. The smallest absolute Gasteiger partial charge is 0.239 e. The van der Waals surface area contributed by atoms with Gasteiger partial charge in [0.15, 0.2) is 0 Å². The van der Waals surface area contributed by atoms with E-state index in [1.165, 1.54) is 0 Å². The molecule has 0 atom stereocenters. The van der Waals surface area contributed by atoms with Gasteiger partial charge in [0.05, 0.1) is 23.6 Å². The monoisotopic (exact) mass is 565 g/mol. The van der Waals surface area contributed by atoms with Gasteiger partial charge in [-0.05, 0) is 51.7 Å². The topological polar surface area (TPSA) is 125 Å². The molecule has 1 saturated carbocycles. The molecule has 3 aliphatic rings. The number of sulfonamides is 1. The van der Waals surface area contributed by atoms with Crippen molar-refractivity contribution in [2.24, 2.45) is 5.14 Å². The van der Waals surface area contributed by atoms with Crippen LogP contribution >= 0.6 is 0 Å². The average Bonchev–Trinajstić information content (AvgIpc) is 2.91. The van der Waals surface area contributed by atoms with Gasteiger partial charge in [-0.25, -0.2) is 13.6 Å². The summed E-state index contributed by atoms with van der Waals surface area (Å²) in [6.45, 7) is 10.2. The summed E-state index contributed by atoms with van der Waals surface area (Å²) in [5.74, 6) is 0.985. The van der Waals surface area contributed by atoms with E-state index in [9.17, 15) is 18.0 Å². The van der Waals surface area contributed by atoms with Crippen LogP contribution in [0.3, 0.4) is 0 Å². The van der Waals surface area contributed by atoms with Crippen molar-refractivity contribution < 1.29 is 22.7 Å². The predicted octanol–water partition coefficient (Wildman–Crippen LogP) is 2.33. The van der Waals surface area contributed by atoms with Gasteiger partial charge in [-0.15, -0.1) is 0 Å². The van der Waals surface area contributed by atoms with Crippen LogP contribution in [0, 0.1) is 0 Å². The van der Waals surface area contributed by atoms with Gasteiger partial charge in [-0.2, -0.15) is 0 Å². The molecule has 39 heavy (non-hydrogen) atoms. The lowest BCUT2D eigenvalue weighted by atomic mass is 10.0. The first-order valence-electron chi connectivity index (χ1n) is 14.4. The van der Waals surface area contributed by atoms with Crippen molar-refractivity contribution in [1.29, 1.82) is 0 Å². The fourth-order valence-electron chi connectivity index (χ4n) is 5.29. The van der Waals surface area contributed by atoms with Crippen LogP contribution in [0.15, 0.2) is 24.3 Å². The highest BCUT2D eigenvalue weighted by molar-refractivity contribution is 7.89. The zero-order valence-corrected chi connectivity index (χ0v) is 24.5. The van der Waals surface area contributed by atoms with Gasteiger partial charge in [0, 0.05) is 52.2 Å². The summed E-state index contributed by atoms with van der Waals surface area (Å²) in [6.07, 6.45) is 7.38. The van der Waals surface area contributed by atoms with E-state index in [2.05, 4.69) is 27.2 Å². The van der Waals surface area contributed by atoms with Gasteiger partial charge in [0.1, 0.15) is 5.75 Å². The van der Waals surface area contributed by atoms with Gasteiger partial charge in [0.25, 0.3) is 0 Å². The molecule has 2 aliphatic heterocycles. The predicted molar refractivity (Wildman–Crippen MR) is 154 cm³/mol. The zero-order chi connectivity index (χ0) is 28.3. The molecule has 0 spiro atoms. The quantitative estimate of drug-likeness (QED) is 0.471. The van der Waals surface area contributed by atoms with Crippen LogP contribution in [0.2, 0.25) is 0 Å². The number of piperazine rings is 1. The van der Waals surface area contributed by atoms with Gasteiger partial charge >= 0.3 is 0 Å². The number of piperidine rings is 1. The van der Waals surface area contributed by atoms with Crippen LogP contribution in [-0.2, 0) is 19.6 Å². The summed E-state index contributed by atoms with van der Waals surface area (Å²) in [5, 5.41) is 7.70. The molecule has 0 aromatic heterocycles. The van der Waals surface area contributed by atoms with E-state index in [1.54, 1.807) is 4.90 Å². The molecule has 4 rings (SSSR count). The van der Waals surface area contributed by atoms with Gasteiger partial charge in [-0.3, -0.25) is 14.5 Å². The molecule has 2 saturated heterocycles. The number of nitrogens with zero attached hydrogens (tertiary/aromatic N) is 3. The van der Waals surface area contributed by atoms with Crippen LogP contribution in [-0.4, -0.2) is 93.7 Å². The van der Waals surface area contributed by atoms with Gasteiger partial charge in [0.2, 0.25) is 21.8 Å². The van der Waals surface area contributed by atoms with E-state index in [4.69, 9.17) is 9.88 Å². The summed E-state index contributed by atoms with van der Waals surface area (Å²) >= 11 is 0. The molecule has 2 amide bonds. The minimum absolute atomic E-state index is 0.0568. The third-order valence-electron chi connectivity index (χ3n) is 7.46. The second-order valence-electron chi connectivity index (χ2n) is 10.9. The number of amides is 2. The lowest BCUT2D eigenvalue weighted by Crippen LogP contribution is -2.49. The second-order valence-corrected chi connectivity index (χ2v) is 12.8. The maximum atomic E-state index is 12.1. The Kier molecular flexibility index (Phi) is 12.3. The standard InChI is InChI=1S/C22H34N4O3.C6H13NO2S/c1-18(2)29-20-8-4-3-7-19(20)25-15-13-24(14-16-25)12-10-23-21(27)17-26-11-6-5-9-22(26)28;7-10(8,9)6-4-2-1-3-5-6/h3-4,7-8,18H,5-6,9-17H2,1-2H3,(H,23,27);6H,1-5H2,(H2,7,8,9). The third-order valence-corrected chi connectivity index (χ3v) is 8.86. The molecule has 10 nitrogen and oxygen atoms in total. The van der Waals surface area contributed by atoms with Crippen molar-refractivity contribution in [1.82, 2.24) is 15.1 Å². The SMILES string of the molecule is CC(C)Oc1ccccc1N1CCN(CCNC(=O)CN2CCCCC2=O)CC1.NS(=O)(=O)C1CCCCC1. The number of hydrogen-bond acceptors (Lipinski definition) is 7. The minimum atomic E-state index is -3.23. The Morgan fingerprint density at radius 1 is 1.03 bits per heavy atom. The van der Waals surface area contributed by atoms with E-state index in [0.717, 1.165) is 89.1 Å². The van der Waals surface area contributed by atoms with E-state index >= 15 is 0 Å². The Bertz CT molecular complexity index is 1020. The summed E-state index contributed by atoms with van der Waals surface area (Å²) in [5.41, 5.74) is 1.15. The molecule has 1 aromatic carbocycles. The van der Waals surface area contributed by atoms with Crippen LogP contribution < -0.4 is 20.1 Å². The lowest BCUT2D eigenvalue weighted by molar-refractivity contribution is -0.137. The van der Waals surface area contributed by atoms with E-state index < -0.39 is 10.0 Å². The van der Waals surface area contributed by atoms with E-state index in [0.29, 0.717) is 19.5 Å². The fourth-order valence-corrected chi connectivity index (χ4v) is 6.28. The Morgan fingerprint density at radius 2 is 1.72 bits per heavy atom. The molecule has 3 N–H and O–H groups in total. The lowest BCUT2D eigenvalue weighted by Gasteiger charge is -2.37.